The van der Waals surface area contributed by atoms with Crippen LogP contribution in [-0.2, 0) is 4.79 Å². The molecule has 0 atom stereocenters. The summed E-state index contributed by atoms with van der Waals surface area (Å²) in [5.74, 6) is 0.264. The molecule has 0 spiro atoms. The van der Waals surface area contributed by atoms with Crippen molar-refractivity contribution >= 4 is 5.91 Å². The number of carbonyl (C=O) groups is 1. The van der Waals surface area contributed by atoms with Crippen LogP contribution >= 0.6 is 0 Å². The van der Waals surface area contributed by atoms with E-state index in [0.717, 1.165) is 6.42 Å². The third kappa shape index (κ3) is 17.4. The Morgan fingerprint density at radius 2 is 1.13 bits per heavy atom. The average molecular weight is 324 g/mol. The first kappa shape index (κ1) is 22.2. The van der Waals surface area contributed by atoms with Gasteiger partial charge in [-0.1, -0.05) is 76.9 Å². The third-order valence-corrected chi connectivity index (χ3v) is 4.40. The SMILES string of the molecule is CCCCCCCC/C=C\CCCCCCCCC(=O)N(C)C. The van der Waals surface area contributed by atoms with Crippen molar-refractivity contribution in [2.24, 2.45) is 0 Å². The molecule has 0 fully saturated rings. The van der Waals surface area contributed by atoms with Crippen molar-refractivity contribution in [1.82, 2.24) is 4.90 Å². The zero-order valence-corrected chi connectivity index (χ0v) is 16.1. The Balaban J connectivity index is 3.15. The fourth-order valence-electron chi connectivity index (χ4n) is 2.75. The van der Waals surface area contributed by atoms with Crippen molar-refractivity contribution in [2.75, 3.05) is 14.1 Å². The summed E-state index contributed by atoms with van der Waals surface area (Å²) in [7, 11) is 3.67. The predicted molar refractivity (Wildman–Crippen MR) is 103 cm³/mol. The largest absolute Gasteiger partial charge is 0.349 e. The van der Waals surface area contributed by atoms with Gasteiger partial charge in [0, 0.05) is 20.5 Å². The number of carbonyl (C=O) groups excluding carboxylic acids is 1. The number of allylic oxidation sites excluding steroid dienone is 2. The van der Waals surface area contributed by atoms with E-state index >= 15 is 0 Å². The molecule has 0 aliphatic carbocycles. The lowest BCUT2D eigenvalue weighted by Gasteiger charge is -2.09. The summed E-state index contributed by atoms with van der Waals surface area (Å²) in [6, 6.07) is 0. The lowest BCUT2D eigenvalue weighted by atomic mass is 10.1. The summed E-state index contributed by atoms with van der Waals surface area (Å²) in [6.45, 7) is 2.27. The molecule has 0 radical (unpaired) electrons. The van der Waals surface area contributed by atoms with Gasteiger partial charge in [0.15, 0.2) is 0 Å². The van der Waals surface area contributed by atoms with Gasteiger partial charge < -0.3 is 4.90 Å². The van der Waals surface area contributed by atoms with Gasteiger partial charge in [0.1, 0.15) is 0 Å². The fourth-order valence-corrected chi connectivity index (χ4v) is 2.75. The van der Waals surface area contributed by atoms with E-state index in [1.807, 2.05) is 14.1 Å². The predicted octanol–water partition coefficient (Wildman–Crippen LogP) is 6.50. The van der Waals surface area contributed by atoms with Crippen molar-refractivity contribution in [1.29, 1.82) is 0 Å². The van der Waals surface area contributed by atoms with Crippen LogP contribution < -0.4 is 0 Å². The zero-order valence-electron chi connectivity index (χ0n) is 16.1. The summed E-state index contributed by atoms with van der Waals surface area (Å²) in [5.41, 5.74) is 0. The molecular formula is C21H41NO. The molecule has 0 aromatic rings. The molecule has 1 amide bonds. The summed E-state index contributed by atoms with van der Waals surface area (Å²) in [6.07, 6.45) is 23.9. The molecule has 0 bridgehead atoms. The van der Waals surface area contributed by atoms with E-state index in [9.17, 15) is 4.79 Å². The number of unbranched alkanes of at least 4 members (excludes halogenated alkanes) is 12. The van der Waals surface area contributed by atoms with Gasteiger partial charge in [0.05, 0.1) is 0 Å². The number of amides is 1. The molecule has 0 aliphatic rings. The molecule has 0 aliphatic heterocycles. The Hall–Kier alpha value is -0.790. The van der Waals surface area contributed by atoms with E-state index in [2.05, 4.69) is 19.1 Å². The smallest absolute Gasteiger partial charge is 0.222 e. The van der Waals surface area contributed by atoms with Crippen LogP contribution in [0, 0.1) is 0 Å². The quantitative estimate of drug-likeness (QED) is 0.234. The summed E-state index contributed by atoms with van der Waals surface area (Å²) >= 11 is 0. The maximum atomic E-state index is 11.4. The third-order valence-electron chi connectivity index (χ3n) is 4.40. The van der Waals surface area contributed by atoms with Gasteiger partial charge in [-0.05, 0) is 32.1 Å². The molecule has 2 heteroatoms. The molecule has 0 aromatic heterocycles. The van der Waals surface area contributed by atoms with Crippen LogP contribution in [0.5, 0.6) is 0 Å². The van der Waals surface area contributed by atoms with Crippen molar-refractivity contribution < 1.29 is 4.79 Å². The van der Waals surface area contributed by atoms with Crippen molar-refractivity contribution in [3.05, 3.63) is 12.2 Å². The lowest BCUT2D eigenvalue weighted by Crippen LogP contribution is -2.20. The molecule has 0 heterocycles. The van der Waals surface area contributed by atoms with Gasteiger partial charge in [0.25, 0.3) is 0 Å². The van der Waals surface area contributed by atoms with Crippen molar-refractivity contribution in [3.63, 3.8) is 0 Å². The lowest BCUT2D eigenvalue weighted by molar-refractivity contribution is -0.128. The monoisotopic (exact) mass is 323 g/mol. The second-order valence-corrected chi connectivity index (χ2v) is 6.98. The van der Waals surface area contributed by atoms with E-state index in [0.29, 0.717) is 6.42 Å². The Morgan fingerprint density at radius 3 is 1.61 bits per heavy atom. The average Bonchev–Trinajstić information content (AvgIpc) is 2.54. The molecule has 0 saturated carbocycles. The van der Waals surface area contributed by atoms with Gasteiger partial charge in [-0.15, -0.1) is 0 Å². The highest BCUT2D eigenvalue weighted by molar-refractivity contribution is 5.75. The molecule has 0 rings (SSSR count). The first-order valence-electron chi connectivity index (χ1n) is 10.0. The number of rotatable bonds is 16. The maximum Gasteiger partial charge on any atom is 0.222 e. The molecule has 0 N–H and O–H groups in total. The highest BCUT2D eigenvalue weighted by Gasteiger charge is 2.02. The highest BCUT2D eigenvalue weighted by atomic mass is 16.2. The minimum atomic E-state index is 0.264. The van der Waals surface area contributed by atoms with E-state index in [1.165, 1.54) is 83.5 Å². The minimum absolute atomic E-state index is 0.264. The highest BCUT2D eigenvalue weighted by Crippen LogP contribution is 2.10. The van der Waals surface area contributed by atoms with Crippen LogP contribution in [0.15, 0.2) is 12.2 Å². The molecule has 0 unspecified atom stereocenters. The Labute approximate surface area is 145 Å². The zero-order chi connectivity index (χ0) is 17.2. The van der Waals surface area contributed by atoms with Crippen LogP contribution in [0.25, 0.3) is 0 Å². The normalized spacial score (nSPS) is 11.3. The van der Waals surface area contributed by atoms with Crippen LogP contribution in [0.2, 0.25) is 0 Å². The van der Waals surface area contributed by atoms with E-state index in [-0.39, 0.29) is 5.91 Å². The fraction of sp³-hybridized carbons (Fsp3) is 0.857. The minimum Gasteiger partial charge on any atom is -0.349 e. The number of hydrogen-bond donors (Lipinski definition) is 0. The molecule has 2 nitrogen and oxygen atoms in total. The Morgan fingerprint density at radius 1 is 0.696 bits per heavy atom. The Bertz CT molecular complexity index is 284. The van der Waals surface area contributed by atoms with Gasteiger partial charge in [-0.2, -0.15) is 0 Å². The standard InChI is InChI=1S/C21H41NO/c1-4-5-6-7-8-9-10-11-12-13-14-15-16-17-18-19-20-21(23)22(2)3/h11-12H,4-10,13-20H2,1-3H3/b12-11-. The first-order chi connectivity index (χ1) is 11.2. The number of hydrogen-bond acceptors (Lipinski definition) is 1. The van der Waals surface area contributed by atoms with Crippen LogP contribution in [0.3, 0.4) is 0 Å². The molecule has 0 aromatic carbocycles. The second-order valence-electron chi connectivity index (χ2n) is 6.98. The maximum absolute atomic E-state index is 11.4. The second kappa shape index (κ2) is 17.6. The first-order valence-corrected chi connectivity index (χ1v) is 10.0. The summed E-state index contributed by atoms with van der Waals surface area (Å²) in [5, 5.41) is 0. The number of nitrogens with zero attached hydrogens (tertiary/aromatic N) is 1. The van der Waals surface area contributed by atoms with Gasteiger partial charge >= 0.3 is 0 Å². The topological polar surface area (TPSA) is 20.3 Å². The van der Waals surface area contributed by atoms with E-state index < -0.39 is 0 Å². The van der Waals surface area contributed by atoms with Crippen LogP contribution in [0.1, 0.15) is 103 Å². The molecular weight excluding hydrogens is 282 g/mol. The summed E-state index contributed by atoms with van der Waals surface area (Å²) < 4.78 is 0. The van der Waals surface area contributed by atoms with Crippen LogP contribution in [0.4, 0.5) is 0 Å². The molecule has 23 heavy (non-hydrogen) atoms. The van der Waals surface area contributed by atoms with Gasteiger partial charge in [-0.25, -0.2) is 0 Å². The van der Waals surface area contributed by atoms with Crippen molar-refractivity contribution in [3.8, 4) is 0 Å². The van der Waals surface area contributed by atoms with E-state index in [1.54, 1.807) is 4.90 Å². The van der Waals surface area contributed by atoms with E-state index in [4.69, 9.17) is 0 Å². The van der Waals surface area contributed by atoms with Gasteiger partial charge in [0.2, 0.25) is 5.91 Å². The summed E-state index contributed by atoms with van der Waals surface area (Å²) in [4.78, 5) is 13.1. The molecule has 0 saturated heterocycles. The van der Waals surface area contributed by atoms with Gasteiger partial charge in [-0.3, -0.25) is 4.79 Å². The Kier molecular flexibility index (Phi) is 17.0. The van der Waals surface area contributed by atoms with Crippen molar-refractivity contribution in [2.45, 2.75) is 103 Å². The molecule has 136 valence electrons. The van der Waals surface area contributed by atoms with Crippen LogP contribution in [-0.4, -0.2) is 24.9 Å².